The third-order valence-electron chi connectivity index (χ3n) is 3.01. The number of hydrogen-bond donors (Lipinski definition) is 1. The molecule has 17 heavy (non-hydrogen) atoms. The normalized spacial score (nSPS) is 17.6. The Bertz CT molecular complexity index is 555. The maximum Gasteiger partial charge on any atom is 0.0556 e. The standard InChI is InChI=1S/C13H10Cl2N2/c14-9-5-11(15)10-7-12(17-13(10)6-9)8-1-3-16-4-2-8/h1-6,12,17H,7H2. The minimum Gasteiger partial charge on any atom is -0.378 e. The third-order valence-corrected chi connectivity index (χ3v) is 3.56. The van der Waals surface area contributed by atoms with Gasteiger partial charge in [-0.25, -0.2) is 0 Å². The van der Waals surface area contributed by atoms with Gasteiger partial charge in [0.25, 0.3) is 0 Å². The molecule has 0 bridgehead atoms. The molecule has 2 aromatic rings. The van der Waals surface area contributed by atoms with Crippen LogP contribution >= 0.6 is 23.2 Å². The number of rotatable bonds is 1. The zero-order valence-corrected chi connectivity index (χ0v) is 10.5. The molecule has 1 aromatic carbocycles. The molecule has 86 valence electrons. The van der Waals surface area contributed by atoms with Crippen molar-refractivity contribution in [2.45, 2.75) is 12.5 Å². The lowest BCUT2D eigenvalue weighted by atomic mass is 10.0. The second-order valence-electron chi connectivity index (χ2n) is 4.10. The van der Waals surface area contributed by atoms with Crippen molar-refractivity contribution in [2.24, 2.45) is 0 Å². The lowest BCUT2D eigenvalue weighted by Gasteiger charge is -2.10. The number of nitrogens with zero attached hydrogens (tertiary/aromatic N) is 1. The van der Waals surface area contributed by atoms with Crippen LogP contribution in [0.15, 0.2) is 36.7 Å². The van der Waals surface area contributed by atoms with E-state index in [1.165, 1.54) is 5.56 Å². The second kappa shape index (κ2) is 4.21. The topological polar surface area (TPSA) is 24.9 Å². The Morgan fingerprint density at radius 1 is 1.18 bits per heavy atom. The Morgan fingerprint density at radius 2 is 1.94 bits per heavy atom. The van der Waals surface area contributed by atoms with E-state index in [4.69, 9.17) is 23.2 Å². The third kappa shape index (κ3) is 1.99. The molecular formula is C13H10Cl2N2. The van der Waals surface area contributed by atoms with Gasteiger partial charge in [-0.3, -0.25) is 4.98 Å². The average molecular weight is 265 g/mol. The Morgan fingerprint density at radius 3 is 2.71 bits per heavy atom. The van der Waals surface area contributed by atoms with Crippen molar-refractivity contribution in [1.82, 2.24) is 4.98 Å². The van der Waals surface area contributed by atoms with Gasteiger partial charge in [0.1, 0.15) is 0 Å². The summed E-state index contributed by atoms with van der Waals surface area (Å²) in [5.41, 5.74) is 3.38. The number of fused-ring (bicyclic) bond motifs is 1. The molecule has 0 radical (unpaired) electrons. The highest BCUT2D eigenvalue weighted by Gasteiger charge is 2.24. The first-order valence-electron chi connectivity index (χ1n) is 5.38. The van der Waals surface area contributed by atoms with Crippen LogP contribution < -0.4 is 5.32 Å². The van der Waals surface area contributed by atoms with Crippen molar-refractivity contribution >= 4 is 28.9 Å². The van der Waals surface area contributed by atoms with Crippen LogP contribution in [0, 0.1) is 0 Å². The average Bonchev–Trinajstić information content (AvgIpc) is 2.74. The van der Waals surface area contributed by atoms with Crippen LogP contribution in [0.25, 0.3) is 0 Å². The summed E-state index contributed by atoms with van der Waals surface area (Å²) in [6, 6.07) is 7.99. The molecule has 0 spiro atoms. The fraction of sp³-hybridized carbons (Fsp3) is 0.154. The Balaban J connectivity index is 1.96. The van der Waals surface area contributed by atoms with Gasteiger partial charge in [0.2, 0.25) is 0 Å². The van der Waals surface area contributed by atoms with Crippen molar-refractivity contribution in [3.05, 3.63) is 57.8 Å². The van der Waals surface area contributed by atoms with E-state index >= 15 is 0 Å². The summed E-state index contributed by atoms with van der Waals surface area (Å²) in [5, 5.41) is 4.83. The number of aromatic nitrogens is 1. The highest BCUT2D eigenvalue weighted by Crippen LogP contribution is 2.39. The first-order valence-corrected chi connectivity index (χ1v) is 6.14. The van der Waals surface area contributed by atoms with Crippen LogP contribution in [0.2, 0.25) is 10.0 Å². The quantitative estimate of drug-likeness (QED) is 0.839. The number of anilines is 1. The Kier molecular flexibility index (Phi) is 2.69. The molecule has 4 heteroatoms. The molecule has 0 saturated heterocycles. The summed E-state index contributed by atoms with van der Waals surface area (Å²) < 4.78 is 0. The van der Waals surface area contributed by atoms with E-state index in [1.807, 2.05) is 18.2 Å². The fourth-order valence-electron chi connectivity index (χ4n) is 2.18. The monoisotopic (exact) mass is 264 g/mol. The molecule has 1 aromatic heterocycles. The van der Waals surface area contributed by atoms with Crippen LogP contribution in [-0.2, 0) is 6.42 Å². The van der Waals surface area contributed by atoms with Gasteiger partial charge in [0.05, 0.1) is 6.04 Å². The van der Waals surface area contributed by atoms with Gasteiger partial charge in [0.15, 0.2) is 0 Å². The maximum absolute atomic E-state index is 6.19. The number of hydrogen-bond acceptors (Lipinski definition) is 2. The molecule has 0 saturated carbocycles. The van der Waals surface area contributed by atoms with E-state index in [9.17, 15) is 0 Å². The molecule has 1 aliphatic heterocycles. The first-order chi connectivity index (χ1) is 8.24. The van der Waals surface area contributed by atoms with Crippen LogP contribution in [0.4, 0.5) is 5.69 Å². The number of nitrogens with one attached hydrogen (secondary N) is 1. The van der Waals surface area contributed by atoms with E-state index < -0.39 is 0 Å². The second-order valence-corrected chi connectivity index (χ2v) is 4.94. The largest absolute Gasteiger partial charge is 0.378 e. The zero-order chi connectivity index (χ0) is 11.8. The lowest BCUT2D eigenvalue weighted by Crippen LogP contribution is -2.05. The van der Waals surface area contributed by atoms with Crippen molar-refractivity contribution < 1.29 is 0 Å². The van der Waals surface area contributed by atoms with Gasteiger partial charge in [-0.05, 0) is 35.4 Å². The minimum atomic E-state index is 0.254. The summed E-state index contributed by atoms with van der Waals surface area (Å²) in [6.07, 6.45) is 4.48. The van der Waals surface area contributed by atoms with Crippen LogP contribution in [0.3, 0.4) is 0 Å². The number of pyridine rings is 1. The minimum absolute atomic E-state index is 0.254. The smallest absolute Gasteiger partial charge is 0.0556 e. The molecule has 1 unspecified atom stereocenters. The Hall–Kier alpha value is -1.25. The maximum atomic E-state index is 6.19. The molecule has 0 amide bonds. The van der Waals surface area contributed by atoms with Crippen molar-refractivity contribution in [2.75, 3.05) is 5.32 Å². The van der Waals surface area contributed by atoms with E-state index in [0.29, 0.717) is 5.02 Å². The van der Waals surface area contributed by atoms with Gasteiger partial charge in [-0.2, -0.15) is 0 Å². The molecule has 0 aliphatic carbocycles. The first kappa shape index (κ1) is 10.9. The van der Waals surface area contributed by atoms with Gasteiger partial charge in [-0.1, -0.05) is 23.2 Å². The number of halogens is 2. The van der Waals surface area contributed by atoms with E-state index in [0.717, 1.165) is 22.7 Å². The van der Waals surface area contributed by atoms with Crippen LogP contribution in [0.5, 0.6) is 0 Å². The molecule has 1 atom stereocenters. The molecule has 0 fully saturated rings. The summed E-state index contributed by atoms with van der Waals surface area (Å²) >= 11 is 12.2. The molecular weight excluding hydrogens is 255 g/mol. The predicted molar refractivity (Wildman–Crippen MR) is 70.8 cm³/mol. The summed E-state index contributed by atoms with van der Waals surface area (Å²) in [7, 11) is 0. The molecule has 1 N–H and O–H groups in total. The van der Waals surface area contributed by atoms with Gasteiger partial charge >= 0.3 is 0 Å². The molecule has 3 rings (SSSR count). The predicted octanol–water partition coefficient (Wildman–Crippen LogP) is 4.10. The lowest BCUT2D eigenvalue weighted by molar-refractivity contribution is 0.821. The molecule has 2 nitrogen and oxygen atoms in total. The zero-order valence-electron chi connectivity index (χ0n) is 8.95. The molecule has 1 aliphatic rings. The summed E-state index contributed by atoms with van der Waals surface area (Å²) in [5.74, 6) is 0. The number of benzene rings is 1. The van der Waals surface area contributed by atoms with Crippen LogP contribution in [-0.4, -0.2) is 4.98 Å². The van der Waals surface area contributed by atoms with Gasteiger partial charge in [-0.15, -0.1) is 0 Å². The van der Waals surface area contributed by atoms with E-state index in [2.05, 4.69) is 10.3 Å². The Labute approximate surface area is 110 Å². The highest BCUT2D eigenvalue weighted by atomic mass is 35.5. The summed E-state index contributed by atoms with van der Waals surface area (Å²) in [6.45, 7) is 0. The molecule has 2 heterocycles. The summed E-state index contributed by atoms with van der Waals surface area (Å²) in [4.78, 5) is 4.02. The van der Waals surface area contributed by atoms with Gasteiger partial charge < -0.3 is 5.32 Å². The van der Waals surface area contributed by atoms with E-state index in [-0.39, 0.29) is 6.04 Å². The fourth-order valence-corrected chi connectivity index (χ4v) is 2.75. The van der Waals surface area contributed by atoms with Crippen molar-refractivity contribution in [1.29, 1.82) is 0 Å². The van der Waals surface area contributed by atoms with Crippen molar-refractivity contribution in [3.8, 4) is 0 Å². The van der Waals surface area contributed by atoms with Crippen LogP contribution in [0.1, 0.15) is 17.2 Å². The van der Waals surface area contributed by atoms with Crippen molar-refractivity contribution in [3.63, 3.8) is 0 Å². The van der Waals surface area contributed by atoms with Gasteiger partial charge in [0, 0.05) is 34.5 Å². The SMILES string of the molecule is Clc1cc(Cl)c2c(c1)NC(c1ccncc1)C2. The highest BCUT2D eigenvalue weighted by molar-refractivity contribution is 6.35. The van der Waals surface area contributed by atoms with E-state index in [1.54, 1.807) is 18.5 Å².